The molecule has 0 aromatic carbocycles. The molecule has 2 atom stereocenters. The van der Waals surface area contributed by atoms with Crippen LogP contribution >= 0.6 is 0 Å². The molecule has 2 unspecified atom stereocenters. The van der Waals surface area contributed by atoms with Gasteiger partial charge in [0.25, 0.3) is 0 Å². The Morgan fingerprint density at radius 1 is 1.53 bits per heavy atom. The number of nitrogens with zero attached hydrogens (tertiary/aromatic N) is 1. The lowest BCUT2D eigenvalue weighted by atomic mass is 10.0. The largest absolute Gasteiger partial charge is 0.449 e. The van der Waals surface area contributed by atoms with Crippen molar-refractivity contribution in [2.24, 2.45) is 0 Å². The molecule has 2 aliphatic heterocycles. The highest BCUT2D eigenvalue weighted by atomic mass is 16.6. The van der Waals surface area contributed by atoms with Crippen molar-refractivity contribution in [1.82, 2.24) is 4.90 Å². The molecule has 0 aromatic heterocycles. The van der Waals surface area contributed by atoms with Gasteiger partial charge in [0, 0.05) is 27.7 Å². The Bertz CT molecular complexity index is 391. The van der Waals surface area contributed by atoms with Gasteiger partial charge in [-0.15, -0.1) is 0 Å². The number of carbonyl (C=O) groups excluding carboxylic acids is 2. The van der Waals surface area contributed by atoms with Crippen LogP contribution in [0.15, 0.2) is 0 Å². The summed E-state index contributed by atoms with van der Waals surface area (Å²) in [6.07, 6.45) is -1.15. The molecule has 2 rings (SSSR count). The van der Waals surface area contributed by atoms with Crippen LogP contribution < -0.4 is 0 Å². The summed E-state index contributed by atoms with van der Waals surface area (Å²) in [6.45, 7) is -1.67. The average molecular weight is 215 g/mol. The number of hydrogen-bond acceptors (Lipinski definition) is 3. The van der Waals surface area contributed by atoms with Gasteiger partial charge in [0.2, 0.25) is 0 Å². The van der Waals surface area contributed by atoms with Gasteiger partial charge in [0.1, 0.15) is 5.78 Å². The Morgan fingerprint density at radius 3 is 2.67 bits per heavy atom. The quantitative estimate of drug-likeness (QED) is 0.704. The first-order chi connectivity index (χ1) is 8.62. The highest BCUT2D eigenvalue weighted by molar-refractivity contribution is 5.83. The predicted molar refractivity (Wildman–Crippen MR) is 54.5 cm³/mol. The zero-order chi connectivity index (χ0) is 14.4. The molecule has 0 saturated carbocycles. The number of ether oxygens (including phenoxy) is 1. The number of rotatable bonds is 2. The molecular weight excluding hydrogens is 194 g/mol. The van der Waals surface area contributed by atoms with E-state index >= 15 is 0 Å². The molecule has 2 fully saturated rings. The van der Waals surface area contributed by atoms with E-state index in [2.05, 4.69) is 0 Å². The molecule has 4 heteroatoms. The van der Waals surface area contributed by atoms with Crippen LogP contribution in [-0.2, 0) is 9.53 Å². The van der Waals surface area contributed by atoms with Crippen molar-refractivity contribution >= 4 is 11.9 Å². The maximum Gasteiger partial charge on any atom is 0.410 e. The molecule has 4 nitrogen and oxygen atoms in total. The van der Waals surface area contributed by atoms with Gasteiger partial charge >= 0.3 is 6.09 Å². The van der Waals surface area contributed by atoms with Crippen molar-refractivity contribution < 1.29 is 19.8 Å². The predicted octanol–water partition coefficient (Wildman–Crippen LogP) is 1.73. The van der Waals surface area contributed by atoms with Crippen molar-refractivity contribution in [1.29, 1.82) is 0 Å². The van der Waals surface area contributed by atoms with E-state index in [4.69, 9.17) is 10.2 Å². The minimum atomic E-state index is -2.69. The van der Waals surface area contributed by atoms with Crippen LogP contribution in [0, 0.1) is 0 Å². The molecule has 84 valence electrons. The molecule has 1 amide bonds. The fourth-order valence-corrected chi connectivity index (χ4v) is 2.42. The van der Waals surface area contributed by atoms with Crippen LogP contribution in [0.4, 0.5) is 4.79 Å². The van der Waals surface area contributed by atoms with Crippen molar-refractivity contribution in [3.63, 3.8) is 0 Å². The molecule has 0 aliphatic carbocycles. The van der Waals surface area contributed by atoms with Gasteiger partial charge < -0.3 is 9.64 Å². The van der Waals surface area contributed by atoms with Crippen LogP contribution in [0.5, 0.6) is 0 Å². The number of piperidine rings is 1. The summed E-state index contributed by atoms with van der Waals surface area (Å²) in [5.41, 5.74) is 0. The zero-order valence-electron chi connectivity index (χ0n) is 12.7. The Balaban J connectivity index is 2.08. The summed E-state index contributed by atoms with van der Waals surface area (Å²) < 4.78 is 34.3. The Hall–Kier alpha value is -1.06. The molecule has 0 N–H and O–H groups in total. The van der Waals surface area contributed by atoms with E-state index in [0.29, 0.717) is 12.8 Å². The molecule has 0 radical (unpaired) electrons. The smallest absolute Gasteiger partial charge is 0.410 e. The first-order valence-corrected chi connectivity index (χ1v) is 5.15. The zero-order valence-corrected chi connectivity index (χ0v) is 8.66. The minimum Gasteiger partial charge on any atom is -0.449 e. The maximum absolute atomic E-state index is 12.0. The van der Waals surface area contributed by atoms with Crippen molar-refractivity contribution in [2.45, 2.75) is 51.1 Å². The van der Waals surface area contributed by atoms with E-state index in [1.54, 1.807) is 0 Å². The van der Waals surface area contributed by atoms with Gasteiger partial charge in [-0.05, 0) is 19.2 Å². The lowest BCUT2D eigenvalue weighted by molar-refractivity contribution is -0.123. The monoisotopic (exact) mass is 215 g/mol. The fraction of sp³-hybridized carbons (Fsp3) is 0.818. The number of amides is 1. The molecule has 2 bridgehead atoms. The topological polar surface area (TPSA) is 46.6 Å². The van der Waals surface area contributed by atoms with Crippen LogP contribution in [0.2, 0.25) is 0 Å². The number of fused-ring (bicyclic) bond motifs is 2. The summed E-state index contributed by atoms with van der Waals surface area (Å²) in [6, 6.07) is -0.449. The molecule has 2 saturated heterocycles. The summed E-state index contributed by atoms with van der Waals surface area (Å²) >= 11 is 0. The Labute approximate surface area is 95.2 Å². The second-order valence-electron chi connectivity index (χ2n) is 3.96. The second-order valence-corrected chi connectivity index (χ2v) is 3.96. The summed E-state index contributed by atoms with van der Waals surface area (Å²) in [4.78, 5) is 24.8. The molecule has 2 aliphatic rings. The van der Waals surface area contributed by atoms with Crippen molar-refractivity contribution in [3.05, 3.63) is 0 Å². The molecule has 0 spiro atoms. The minimum absolute atomic E-state index is 0.116. The molecule has 2 heterocycles. The lowest BCUT2D eigenvalue weighted by Gasteiger charge is -2.32. The normalized spacial score (nSPS) is 35.3. The van der Waals surface area contributed by atoms with Gasteiger partial charge in [-0.1, -0.05) is 6.92 Å². The van der Waals surface area contributed by atoms with Gasteiger partial charge in [-0.2, -0.15) is 0 Å². The summed E-state index contributed by atoms with van der Waals surface area (Å²) in [7, 11) is 0. The lowest BCUT2D eigenvalue weighted by Crippen LogP contribution is -2.47. The first-order valence-electron chi connectivity index (χ1n) is 7.15. The van der Waals surface area contributed by atoms with Crippen LogP contribution in [-0.4, -0.2) is 35.4 Å². The standard InChI is InChI=1S/C11H17NO3/c1-2-5-15-11(14)12-8-3-4-9(12)7-10(13)6-8/h8-9H,2-7H2,1H3/i2D2,5D2. The fourth-order valence-electron chi connectivity index (χ4n) is 2.42. The van der Waals surface area contributed by atoms with Crippen molar-refractivity contribution in [2.75, 3.05) is 6.56 Å². The van der Waals surface area contributed by atoms with Crippen LogP contribution in [0.3, 0.4) is 0 Å². The average Bonchev–Trinajstić information content (AvgIpc) is 2.49. The maximum atomic E-state index is 12.0. The van der Waals surface area contributed by atoms with Gasteiger partial charge in [0.15, 0.2) is 0 Å². The van der Waals surface area contributed by atoms with Crippen LogP contribution in [0.25, 0.3) is 0 Å². The number of Topliss-reactive ketones (excluding diaryl/α,β-unsaturated/α-hetero) is 1. The number of hydrogen-bond donors (Lipinski definition) is 0. The molecule has 15 heavy (non-hydrogen) atoms. The first kappa shape index (κ1) is 6.51. The van der Waals surface area contributed by atoms with E-state index < -0.39 is 19.0 Å². The Morgan fingerprint density at radius 2 is 2.13 bits per heavy atom. The van der Waals surface area contributed by atoms with E-state index in [9.17, 15) is 9.59 Å². The van der Waals surface area contributed by atoms with Gasteiger partial charge in [0.05, 0.1) is 9.30 Å². The van der Waals surface area contributed by atoms with E-state index in [1.807, 2.05) is 0 Å². The molecular formula is C11H17NO3. The highest BCUT2D eigenvalue weighted by Crippen LogP contribution is 2.34. The van der Waals surface area contributed by atoms with Crippen LogP contribution in [0.1, 0.15) is 44.5 Å². The van der Waals surface area contributed by atoms with E-state index in [0.717, 1.165) is 6.92 Å². The Kier molecular flexibility index (Phi) is 1.83. The second kappa shape index (κ2) is 4.21. The van der Waals surface area contributed by atoms with E-state index in [1.165, 1.54) is 4.90 Å². The highest BCUT2D eigenvalue weighted by Gasteiger charge is 2.43. The van der Waals surface area contributed by atoms with Gasteiger partial charge in [-0.3, -0.25) is 4.79 Å². The third-order valence-electron chi connectivity index (χ3n) is 3.00. The third kappa shape index (κ3) is 1.98. The van der Waals surface area contributed by atoms with Crippen molar-refractivity contribution in [3.8, 4) is 0 Å². The summed E-state index contributed by atoms with van der Waals surface area (Å²) in [5, 5.41) is 0. The van der Waals surface area contributed by atoms with E-state index in [-0.39, 0.29) is 30.7 Å². The third-order valence-corrected chi connectivity index (χ3v) is 3.00. The summed E-state index contributed by atoms with van der Waals surface area (Å²) in [5.74, 6) is 0.116. The molecule has 0 aromatic rings. The number of ketones is 1. The van der Waals surface area contributed by atoms with Gasteiger partial charge in [-0.25, -0.2) is 4.79 Å². The number of carbonyl (C=O) groups is 2. The SMILES string of the molecule is [2H]C([2H])(C)C([2H])([2H])OC(=O)N1C2CCC1CC(=O)C2.